The minimum absolute atomic E-state index is 0.312. The first-order chi connectivity index (χ1) is 12.7. The Bertz CT molecular complexity index is 908. The third-order valence-electron chi connectivity index (χ3n) is 3.42. The largest absolute Gasteiger partial charge is 0.417 e. The van der Waals surface area contributed by atoms with Gasteiger partial charge in [-0.25, -0.2) is 4.79 Å². The van der Waals surface area contributed by atoms with Gasteiger partial charge < -0.3 is 4.74 Å². The predicted molar refractivity (Wildman–Crippen MR) is 91.9 cm³/mol. The number of rotatable bonds is 6. The topological polar surface area (TPSA) is 168 Å². The van der Waals surface area contributed by atoms with Crippen molar-refractivity contribution in [1.29, 1.82) is 0 Å². The Morgan fingerprint density at radius 1 is 1.00 bits per heavy atom. The van der Waals surface area contributed by atoms with Crippen LogP contribution in [0.4, 0.5) is 27.5 Å². The average Bonchev–Trinajstić information content (AvgIpc) is 2.61. The lowest BCUT2D eigenvalue weighted by Gasteiger charge is -2.08. The summed E-state index contributed by atoms with van der Waals surface area (Å²) in [5, 5.41) is 35.4. The number of benzene rings is 2. The second-order valence-electron chi connectivity index (χ2n) is 5.15. The number of carbonyl (C=O) groups is 1. The Morgan fingerprint density at radius 3 is 2.07 bits per heavy atom. The fourth-order valence-corrected chi connectivity index (χ4v) is 2.17. The Morgan fingerprint density at radius 2 is 1.59 bits per heavy atom. The molecule has 140 valence electrons. The number of carbonyl (C=O) groups excluding carboxylic acids is 1. The number of hydrogen-bond donors (Lipinski definition) is 1. The number of nitro benzene ring substituents is 3. The number of non-ortho nitro benzene ring substituents is 1. The quantitative estimate of drug-likeness (QED) is 0.589. The minimum atomic E-state index is -1.22. The van der Waals surface area contributed by atoms with E-state index in [4.69, 9.17) is 4.74 Å². The highest BCUT2D eigenvalue weighted by Crippen LogP contribution is 2.40. The molecule has 0 spiro atoms. The van der Waals surface area contributed by atoms with E-state index in [1.807, 2.05) is 13.0 Å². The third-order valence-corrected chi connectivity index (χ3v) is 3.42. The van der Waals surface area contributed by atoms with Gasteiger partial charge in [0.2, 0.25) is 0 Å². The number of ether oxygens (including phenoxy) is 1. The van der Waals surface area contributed by atoms with E-state index < -0.39 is 43.7 Å². The van der Waals surface area contributed by atoms with Gasteiger partial charge in [0, 0.05) is 5.69 Å². The molecule has 2 aromatic carbocycles. The molecule has 0 heterocycles. The molecule has 1 N–H and O–H groups in total. The molecule has 0 saturated heterocycles. The number of nitrogens with one attached hydrogen (secondary N) is 1. The van der Waals surface area contributed by atoms with Gasteiger partial charge in [0.1, 0.15) is 0 Å². The van der Waals surface area contributed by atoms with Gasteiger partial charge in [-0.05, 0) is 24.1 Å². The maximum absolute atomic E-state index is 12.0. The van der Waals surface area contributed by atoms with Crippen molar-refractivity contribution in [2.75, 3.05) is 5.32 Å². The van der Waals surface area contributed by atoms with Gasteiger partial charge in [0.05, 0.1) is 26.9 Å². The van der Waals surface area contributed by atoms with Gasteiger partial charge in [-0.15, -0.1) is 0 Å². The molecule has 12 heteroatoms. The molecule has 0 unspecified atom stereocenters. The fourth-order valence-electron chi connectivity index (χ4n) is 2.17. The number of aryl methyl sites for hydroxylation is 1. The number of nitro groups is 3. The molecule has 0 saturated carbocycles. The van der Waals surface area contributed by atoms with Crippen molar-refractivity contribution in [1.82, 2.24) is 0 Å². The van der Waals surface area contributed by atoms with Crippen LogP contribution in [0.2, 0.25) is 0 Å². The lowest BCUT2D eigenvalue weighted by molar-refractivity contribution is -0.404. The molecule has 2 rings (SSSR count). The fraction of sp³-hybridized carbons (Fsp3) is 0.133. The van der Waals surface area contributed by atoms with E-state index in [0.29, 0.717) is 24.2 Å². The van der Waals surface area contributed by atoms with E-state index in [1.54, 1.807) is 12.1 Å². The van der Waals surface area contributed by atoms with Crippen LogP contribution in [0, 0.1) is 30.3 Å². The van der Waals surface area contributed by atoms with Crippen LogP contribution in [-0.4, -0.2) is 20.9 Å². The molecule has 0 aliphatic heterocycles. The van der Waals surface area contributed by atoms with E-state index >= 15 is 0 Å². The zero-order valence-electron chi connectivity index (χ0n) is 13.8. The molecule has 12 nitrogen and oxygen atoms in total. The highest BCUT2D eigenvalue weighted by Gasteiger charge is 2.33. The van der Waals surface area contributed by atoms with Gasteiger partial charge in [0.15, 0.2) is 0 Å². The predicted octanol–water partition coefficient (Wildman–Crippen LogP) is 3.58. The Kier molecular flexibility index (Phi) is 5.60. The third kappa shape index (κ3) is 4.50. The lowest BCUT2D eigenvalue weighted by Crippen LogP contribution is -2.18. The maximum atomic E-state index is 12.0. The van der Waals surface area contributed by atoms with Crippen molar-refractivity contribution >= 4 is 28.8 Å². The average molecular weight is 376 g/mol. The molecule has 0 fully saturated rings. The highest BCUT2D eigenvalue weighted by molar-refractivity contribution is 5.88. The molecule has 27 heavy (non-hydrogen) atoms. The van der Waals surface area contributed by atoms with Crippen molar-refractivity contribution in [3.8, 4) is 5.75 Å². The normalized spacial score (nSPS) is 10.1. The summed E-state index contributed by atoms with van der Waals surface area (Å²) in [6.07, 6.45) is -0.535. The molecule has 0 aromatic heterocycles. The van der Waals surface area contributed by atoms with Crippen molar-refractivity contribution < 1.29 is 24.3 Å². The highest BCUT2D eigenvalue weighted by atomic mass is 16.6. The monoisotopic (exact) mass is 376 g/mol. The van der Waals surface area contributed by atoms with Crippen molar-refractivity contribution in [3.63, 3.8) is 0 Å². The van der Waals surface area contributed by atoms with Gasteiger partial charge in [-0.2, -0.15) is 0 Å². The van der Waals surface area contributed by atoms with Gasteiger partial charge in [-0.1, -0.05) is 19.1 Å². The SMILES string of the molecule is CCc1cccc(NC(=O)Oc2c([N+](=O)[O-])cc([N+](=O)[O-])cc2[N+](=O)[O-])c1. The first-order valence-corrected chi connectivity index (χ1v) is 7.42. The van der Waals surface area contributed by atoms with E-state index in [9.17, 15) is 35.1 Å². The summed E-state index contributed by atoms with van der Waals surface area (Å²) in [5.74, 6) is -1.00. The second-order valence-corrected chi connectivity index (χ2v) is 5.15. The summed E-state index contributed by atoms with van der Waals surface area (Å²) in [5.41, 5.74) is -1.83. The lowest BCUT2D eigenvalue weighted by atomic mass is 10.1. The summed E-state index contributed by atoms with van der Waals surface area (Å²) in [4.78, 5) is 41.9. The van der Waals surface area contributed by atoms with Gasteiger partial charge >= 0.3 is 17.5 Å². The second kappa shape index (κ2) is 7.86. The number of anilines is 1. The van der Waals surface area contributed by atoms with Crippen LogP contribution < -0.4 is 10.1 Å². The molecule has 0 bridgehead atoms. The van der Waals surface area contributed by atoms with Gasteiger partial charge in [0.25, 0.3) is 11.4 Å². The molecule has 0 aliphatic rings. The molecule has 0 aliphatic carbocycles. The van der Waals surface area contributed by atoms with Crippen LogP contribution in [0.1, 0.15) is 12.5 Å². The Labute approximate surface area is 150 Å². The van der Waals surface area contributed by atoms with Crippen LogP contribution >= 0.6 is 0 Å². The Hall–Kier alpha value is -4.09. The summed E-state index contributed by atoms with van der Waals surface area (Å²) in [7, 11) is 0. The molecular weight excluding hydrogens is 364 g/mol. The summed E-state index contributed by atoms with van der Waals surface area (Å²) >= 11 is 0. The summed E-state index contributed by atoms with van der Waals surface area (Å²) < 4.78 is 4.76. The van der Waals surface area contributed by atoms with Crippen LogP contribution in [-0.2, 0) is 6.42 Å². The summed E-state index contributed by atoms with van der Waals surface area (Å²) in [6.45, 7) is 1.89. The van der Waals surface area contributed by atoms with E-state index in [0.717, 1.165) is 5.56 Å². The van der Waals surface area contributed by atoms with Crippen molar-refractivity contribution in [2.24, 2.45) is 0 Å². The molecule has 0 atom stereocenters. The van der Waals surface area contributed by atoms with Gasteiger partial charge in [-0.3, -0.25) is 35.7 Å². The first-order valence-electron chi connectivity index (χ1n) is 7.42. The molecule has 0 radical (unpaired) electrons. The number of nitrogens with zero attached hydrogens (tertiary/aromatic N) is 3. The molecular formula is C15H12N4O8. The maximum Gasteiger partial charge on any atom is 0.417 e. The van der Waals surface area contributed by atoms with Crippen LogP contribution in [0.15, 0.2) is 36.4 Å². The van der Waals surface area contributed by atoms with Crippen molar-refractivity contribution in [3.05, 3.63) is 72.3 Å². The Balaban J connectivity index is 2.41. The van der Waals surface area contributed by atoms with Crippen LogP contribution in [0.3, 0.4) is 0 Å². The van der Waals surface area contributed by atoms with E-state index in [2.05, 4.69) is 5.32 Å². The van der Waals surface area contributed by atoms with E-state index in [1.165, 1.54) is 6.07 Å². The van der Waals surface area contributed by atoms with E-state index in [-0.39, 0.29) is 0 Å². The number of amides is 1. The standard InChI is InChI=1S/C15H12N4O8/c1-2-9-4-3-5-10(6-9)16-15(20)27-14-12(18(23)24)7-11(17(21)22)8-13(14)19(25)26/h3-8H,2H2,1H3,(H,16,20). The van der Waals surface area contributed by atoms with Crippen molar-refractivity contribution in [2.45, 2.75) is 13.3 Å². The van der Waals surface area contributed by atoms with Crippen LogP contribution in [0.25, 0.3) is 0 Å². The zero-order chi connectivity index (χ0) is 20.1. The first kappa shape index (κ1) is 19.2. The summed E-state index contributed by atoms with van der Waals surface area (Å²) in [6, 6.07) is 7.58. The molecule has 1 amide bonds. The number of hydrogen-bond acceptors (Lipinski definition) is 8. The molecule has 2 aromatic rings. The minimum Gasteiger partial charge on any atom is -0.395 e. The zero-order valence-corrected chi connectivity index (χ0v) is 13.8. The van der Waals surface area contributed by atoms with Crippen LogP contribution in [0.5, 0.6) is 5.75 Å². The smallest absolute Gasteiger partial charge is 0.395 e.